The molecular formula is C16H28N2. The SMILES string of the molecule is CCCC(CN)CN(Cc1ccccc1)C(C)C. The van der Waals surface area contributed by atoms with Gasteiger partial charge in [-0.15, -0.1) is 0 Å². The highest BCUT2D eigenvalue weighted by molar-refractivity contribution is 5.14. The molecule has 0 saturated carbocycles. The maximum atomic E-state index is 5.87. The van der Waals surface area contributed by atoms with Crippen LogP contribution in [0, 0.1) is 5.92 Å². The van der Waals surface area contributed by atoms with Crippen molar-refractivity contribution in [2.24, 2.45) is 11.7 Å². The van der Waals surface area contributed by atoms with Crippen LogP contribution >= 0.6 is 0 Å². The zero-order valence-electron chi connectivity index (χ0n) is 12.1. The summed E-state index contributed by atoms with van der Waals surface area (Å²) >= 11 is 0. The Morgan fingerprint density at radius 1 is 1.17 bits per heavy atom. The minimum atomic E-state index is 0.566. The third-order valence-corrected chi connectivity index (χ3v) is 3.48. The lowest BCUT2D eigenvalue weighted by Gasteiger charge is -2.30. The third kappa shape index (κ3) is 5.19. The molecule has 0 aliphatic rings. The summed E-state index contributed by atoms with van der Waals surface area (Å²) in [6.07, 6.45) is 2.45. The van der Waals surface area contributed by atoms with Gasteiger partial charge < -0.3 is 5.73 Å². The third-order valence-electron chi connectivity index (χ3n) is 3.48. The Hall–Kier alpha value is -0.860. The zero-order valence-corrected chi connectivity index (χ0v) is 12.1. The molecule has 2 heteroatoms. The van der Waals surface area contributed by atoms with Crippen LogP contribution in [0.3, 0.4) is 0 Å². The van der Waals surface area contributed by atoms with Crippen LogP contribution in [0.2, 0.25) is 0 Å². The molecule has 0 heterocycles. The summed E-state index contributed by atoms with van der Waals surface area (Å²) in [4.78, 5) is 2.53. The Balaban J connectivity index is 2.59. The Kier molecular flexibility index (Phi) is 6.99. The van der Waals surface area contributed by atoms with Crippen LogP contribution in [-0.4, -0.2) is 24.0 Å². The first-order chi connectivity index (χ1) is 8.67. The molecule has 0 aliphatic heterocycles. The molecule has 0 fully saturated rings. The van der Waals surface area contributed by atoms with E-state index in [0.29, 0.717) is 12.0 Å². The molecule has 1 unspecified atom stereocenters. The second-order valence-electron chi connectivity index (χ2n) is 5.40. The number of hydrogen-bond donors (Lipinski definition) is 1. The molecule has 0 spiro atoms. The lowest BCUT2D eigenvalue weighted by atomic mass is 10.0. The maximum Gasteiger partial charge on any atom is 0.0236 e. The van der Waals surface area contributed by atoms with Crippen molar-refractivity contribution >= 4 is 0 Å². The van der Waals surface area contributed by atoms with Gasteiger partial charge in [-0.2, -0.15) is 0 Å². The molecule has 0 radical (unpaired) electrons. The van der Waals surface area contributed by atoms with E-state index < -0.39 is 0 Å². The summed E-state index contributed by atoms with van der Waals surface area (Å²) in [6.45, 7) is 9.70. The van der Waals surface area contributed by atoms with Crippen molar-refractivity contribution in [1.82, 2.24) is 4.90 Å². The van der Waals surface area contributed by atoms with Gasteiger partial charge >= 0.3 is 0 Å². The van der Waals surface area contributed by atoms with Gasteiger partial charge in [0.15, 0.2) is 0 Å². The van der Waals surface area contributed by atoms with Crippen molar-refractivity contribution in [1.29, 1.82) is 0 Å². The molecule has 1 rings (SSSR count). The van der Waals surface area contributed by atoms with E-state index in [1.54, 1.807) is 0 Å². The Labute approximate surface area is 112 Å². The number of hydrogen-bond acceptors (Lipinski definition) is 2. The largest absolute Gasteiger partial charge is 0.330 e. The molecule has 18 heavy (non-hydrogen) atoms. The summed E-state index contributed by atoms with van der Waals surface area (Å²) in [5.74, 6) is 0.626. The number of rotatable bonds is 8. The molecule has 1 aromatic rings. The molecular weight excluding hydrogens is 220 g/mol. The van der Waals surface area contributed by atoms with Gasteiger partial charge in [0.05, 0.1) is 0 Å². The molecule has 0 bridgehead atoms. The smallest absolute Gasteiger partial charge is 0.0236 e. The Morgan fingerprint density at radius 3 is 2.33 bits per heavy atom. The average Bonchev–Trinajstić information content (AvgIpc) is 2.38. The summed E-state index contributed by atoms with van der Waals surface area (Å²) < 4.78 is 0. The zero-order chi connectivity index (χ0) is 13.4. The van der Waals surface area contributed by atoms with Crippen LogP contribution in [0.15, 0.2) is 30.3 Å². The van der Waals surface area contributed by atoms with E-state index in [1.807, 2.05) is 0 Å². The number of nitrogens with two attached hydrogens (primary N) is 1. The first-order valence-electron chi connectivity index (χ1n) is 7.15. The van der Waals surface area contributed by atoms with Crippen LogP contribution in [0.25, 0.3) is 0 Å². The second kappa shape index (κ2) is 8.28. The van der Waals surface area contributed by atoms with Gasteiger partial charge in [0.2, 0.25) is 0 Å². The highest BCUT2D eigenvalue weighted by Crippen LogP contribution is 2.13. The molecule has 0 saturated heterocycles. The normalized spacial score (nSPS) is 13.2. The van der Waals surface area contributed by atoms with Crippen LogP contribution in [-0.2, 0) is 6.54 Å². The van der Waals surface area contributed by atoms with Gasteiger partial charge in [-0.25, -0.2) is 0 Å². The maximum absolute atomic E-state index is 5.87. The van der Waals surface area contributed by atoms with Crippen molar-refractivity contribution in [3.63, 3.8) is 0 Å². The van der Waals surface area contributed by atoms with Crippen LogP contribution in [0.4, 0.5) is 0 Å². The molecule has 2 nitrogen and oxygen atoms in total. The van der Waals surface area contributed by atoms with E-state index in [2.05, 4.69) is 56.0 Å². The van der Waals surface area contributed by atoms with Crippen molar-refractivity contribution in [2.75, 3.05) is 13.1 Å². The monoisotopic (exact) mass is 248 g/mol. The summed E-state index contributed by atoms with van der Waals surface area (Å²) in [5.41, 5.74) is 7.26. The van der Waals surface area contributed by atoms with Crippen molar-refractivity contribution in [2.45, 2.75) is 46.2 Å². The van der Waals surface area contributed by atoms with Gasteiger partial charge in [-0.05, 0) is 38.3 Å². The average molecular weight is 248 g/mol. The lowest BCUT2D eigenvalue weighted by Crippen LogP contribution is -2.37. The van der Waals surface area contributed by atoms with Crippen LogP contribution < -0.4 is 5.73 Å². The summed E-state index contributed by atoms with van der Waals surface area (Å²) in [7, 11) is 0. The van der Waals surface area contributed by atoms with Gasteiger partial charge in [0.1, 0.15) is 0 Å². The Morgan fingerprint density at radius 2 is 1.83 bits per heavy atom. The summed E-state index contributed by atoms with van der Waals surface area (Å²) in [6, 6.07) is 11.3. The van der Waals surface area contributed by atoms with E-state index in [0.717, 1.165) is 19.6 Å². The molecule has 0 amide bonds. The molecule has 0 aromatic heterocycles. The first-order valence-corrected chi connectivity index (χ1v) is 7.15. The summed E-state index contributed by atoms with van der Waals surface area (Å²) in [5, 5.41) is 0. The fourth-order valence-electron chi connectivity index (χ4n) is 2.30. The van der Waals surface area contributed by atoms with Crippen molar-refractivity contribution in [3.8, 4) is 0 Å². The lowest BCUT2D eigenvalue weighted by molar-refractivity contribution is 0.176. The topological polar surface area (TPSA) is 29.3 Å². The van der Waals surface area contributed by atoms with Gasteiger partial charge in [0, 0.05) is 19.1 Å². The molecule has 1 atom stereocenters. The molecule has 1 aromatic carbocycles. The Bertz CT molecular complexity index is 308. The fourth-order valence-corrected chi connectivity index (χ4v) is 2.30. The molecule has 0 aliphatic carbocycles. The van der Waals surface area contributed by atoms with Crippen LogP contribution in [0.5, 0.6) is 0 Å². The predicted octanol–water partition coefficient (Wildman–Crippen LogP) is 3.27. The van der Waals surface area contributed by atoms with Gasteiger partial charge in [-0.3, -0.25) is 4.90 Å². The highest BCUT2D eigenvalue weighted by atomic mass is 15.1. The van der Waals surface area contributed by atoms with Crippen LogP contribution in [0.1, 0.15) is 39.2 Å². The molecule has 102 valence electrons. The molecule has 2 N–H and O–H groups in total. The van der Waals surface area contributed by atoms with Crippen molar-refractivity contribution in [3.05, 3.63) is 35.9 Å². The standard InChI is InChI=1S/C16H28N2/c1-4-8-16(11-17)13-18(14(2)3)12-15-9-6-5-7-10-15/h5-7,9-10,14,16H,4,8,11-13,17H2,1-3H3. The van der Waals surface area contributed by atoms with E-state index in [-0.39, 0.29) is 0 Å². The quantitative estimate of drug-likeness (QED) is 0.765. The van der Waals surface area contributed by atoms with E-state index in [4.69, 9.17) is 5.73 Å². The van der Waals surface area contributed by atoms with E-state index in [9.17, 15) is 0 Å². The van der Waals surface area contributed by atoms with Gasteiger partial charge in [-0.1, -0.05) is 43.7 Å². The van der Waals surface area contributed by atoms with E-state index >= 15 is 0 Å². The van der Waals surface area contributed by atoms with Gasteiger partial charge in [0.25, 0.3) is 0 Å². The predicted molar refractivity (Wildman–Crippen MR) is 79.4 cm³/mol. The minimum absolute atomic E-state index is 0.566. The first kappa shape index (κ1) is 15.2. The van der Waals surface area contributed by atoms with E-state index in [1.165, 1.54) is 18.4 Å². The second-order valence-corrected chi connectivity index (χ2v) is 5.40. The number of nitrogens with zero attached hydrogens (tertiary/aromatic N) is 1. The minimum Gasteiger partial charge on any atom is -0.330 e. The fraction of sp³-hybridized carbons (Fsp3) is 0.625. The number of benzene rings is 1. The van der Waals surface area contributed by atoms with Crippen molar-refractivity contribution < 1.29 is 0 Å². The highest BCUT2D eigenvalue weighted by Gasteiger charge is 2.15.